The van der Waals surface area contributed by atoms with E-state index in [0.29, 0.717) is 37.4 Å². The average molecular weight is 308 g/mol. The Morgan fingerprint density at radius 3 is 1.50 bits per heavy atom. The summed E-state index contributed by atoms with van der Waals surface area (Å²) in [4.78, 5) is 23.8. The van der Waals surface area contributed by atoms with E-state index in [2.05, 4.69) is 10.6 Å². The topological polar surface area (TPSA) is 76.7 Å². The second-order valence-corrected chi connectivity index (χ2v) is 6.50. The van der Waals surface area contributed by atoms with Gasteiger partial charge in [-0.2, -0.15) is 0 Å². The van der Waals surface area contributed by atoms with Crippen LogP contribution < -0.4 is 10.6 Å². The molecular formula is C16H24N2O4. The molecule has 2 aliphatic rings. The molecule has 0 aromatic heterocycles. The van der Waals surface area contributed by atoms with Crippen LogP contribution in [-0.2, 0) is 19.1 Å². The fourth-order valence-corrected chi connectivity index (χ4v) is 2.30. The zero-order valence-electron chi connectivity index (χ0n) is 13.6. The van der Waals surface area contributed by atoms with E-state index in [9.17, 15) is 9.59 Å². The Labute approximate surface area is 130 Å². The second kappa shape index (κ2) is 6.22. The van der Waals surface area contributed by atoms with Gasteiger partial charge in [-0.1, -0.05) is 0 Å². The summed E-state index contributed by atoms with van der Waals surface area (Å²) in [6.45, 7) is 9.05. The highest BCUT2D eigenvalue weighted by Gasteiger charge is 2.38. The number of ether oxygens (including phenoxy) is 2. The predicted octanol–water partition coefficient (Wildman–Crippen LogP) is 0.689. The van der Waals surface area contributed by atoms with E-state index in [1.807, 2.05) is 0 Å². The number of nitrogens with one attached hydrogen (secondary N) is 2. The summed E-state index contributed by atoms with van der Waals surface area (Å²) in [7, 11) is 0. The first kappa shape index (κ1) is 16.7. The van der Waals surface area contributed by atoms with Crippen LogP contribution in [0.1, 0.15) is 27.7 Å². The second-order valence-electron chi connectivity index (χ2n) is 6.50. The lowest BCUT2D eigenvalue weighted by atomic mass is 10.0. The van der Waals surface area contributed by atoms with Crippen LogP contribution in [0.15, 0.2) is 23.5 Å². The third kappa shape index (κ3) is 3.56. The van der Waals surface area contributed by atoms with E-state index in [-0.39, 0.29) is 11.6 Å². The number of ketones is 2. The smallest absolute Gasteiger partial charge is 0.193 e. The van der Waals surface area contributed by atoms with E-state index in [0.717, 1.165) is 0 Å². The zero-order chi connectivity index (χ0) is 16.4. The minimum atomic E-state index is -0.716. The van der Waals surface area contributed by atoms with Crippen molar-refractivity contribution >= 4 is 11.6 Å². The molecule has 0 unspecified atom stereocenters. The van der Waals surface area contributed by atoms with Crippen molar-refractivity contribution in [2.45, 2.75) is 38.9 Å². The van der Waals surface area contributed by atoms with Crippen molar-refractivity contribution in [3.63, 3.8) is 0 Å². The van der Waals surface area contributed by atoms with Gasteiger partial charge in [-0.3, -0.25) is 9.59 Å². The third-order valence-corrected chi connectivity index (χ3v) is 3.82. The summed E-state index contributed by atoms with van der Waals surface area (Å²) in [6.07, 6.45) is 3.41. The SMILES string of the molecule is CC1(C)OCC(=CNCCNC=C2COC(C)(C)C2=O)C1=O. The Balaban J connectivity index is 1.71. The number of carbonyl (C=O) groups is 2. The molecule has 2 fully saturated rings. The van der Waals surface area contributed by atoms with Crippen LogP contribution in [0.4, 0.5) is 0 Å². The normalized spacial score (nSPS) is 26.9. The van der Waals surface area contributed by atoms with Gasteiger partial charge in [0, 0.05) is 36.6 Å². The van der Waals surface area contributed by atoms with Gasteiger partial charge in [0.05, 0.1) is 13.2 Å². The number of hydrogen-bond acceptors (Lipinski definition) is 6. The first-order valence-corrected chi connectivity index (χ1v) is 7.46. The number of Topliss-reactive ketones (excluding diaryl/α,β-unsaturated/α-hetero) is 2. The van der Waals surface area contributed by atoms with Crippen molar-refractivity contribution < 1.29 is 19.1 Å². The number of carbonyl (C=O) groups excluding carboxylic acids is 2. The molecule has 6 nitrogen and oxygen atoms in total. The molecule has 0 saturated carbocycles. The lowest BCUT2D eigenvalue weighted by molar-refractivity contribution is -0.127. The molecule has 0 radical (unpaired) electrons. The average Bonchev–Trinajstić information content (AvgIpc) is 2.85. The molecule has 2 N–H and O–H groups in total. The molecule has 22 heavy (non-hydrogen) atoms. The molecule has 2 saturated heterocycles. The van der Waals surface area contributed by atoms with Crippen molar-refractivity contribution in [2.24, 2.45) is 0 Å². The maximum atomic E-state index is 11.9. The molecule has 2 rings (SSSR count). The fourth-order valence-electron chi connectivity index (χ4n) is 2.30. The summed E-state index contributed by atoms with van der Waals surface area (Å²) < 4.78 is 10.8. The first-order valence-electron chi connectivity index (χ1n) is 7.46. The van der Waals surface area contributed by atoms with Gasteiger partial charge in [0.2, 0.25) is 0 Å². The third-order valence-electron chi connectivity index (χ3n) is 3.82. The molecule has 0 aliphatic carbocycles. The lowest BCUT2D eigenvalue weighted by Gasteiger charge is -2.12. The summed E-state index contributed by atoms with van der Waals surface area (Å²) >= 11 is 0. The monoisotopic (exact) mass is 308 g/mol. The van der Waals surface area contributed by atoms with Gasteiger partial charge in [0.15, 0.2) is 11.6 Å². The molecule has 0 aromatic carbocycles. The summed E-state index contributed by atoms with van der Waals surface area (Å²) in [5.41, 5.74) is -0.119. The number of hydrogen-bond donors (Lipinski definition) is 2. The van der Waals surface area contributed by atoms with E-state index in [1.165, 1.54) is 0 Å². The van der Waals surface area contributed by atoms with Gasteiger partial charge in [0.1, 0.15) is 11.2 Å². The van der Waals surface area contributed by atoms with Crippen molar-refractivity contribution in [3.8, 4) is 0 Å². The molecule has 2 aliphatic heterocycles. The first-order chi connectivity index (χ1) is 10.2. The lowest BCUT2D eigenvalue weighted by Crippen LogP contribution is -2.28. The Hall–Kier alpha value is -1.66. The molecule has 0 amide bonds. The molecule has 6 heteroatoms. The van der Waals surface area contributed by atoms with Gasteiger partial charge in [-0.25, -0.2) is 0 Å². The van der Waals surface area contributed by atoms with Crippen molar-refractivity contribution in [1.29, 1.82) is 0 Å². The van der Waals surface area contributed by atoms with Crippen LogP contribution in [0.2, 0.25) is 0 Å². The van der Waals surface area contributed by atoms with Crippen LogP contribution in [0.25, 0.3) is 0 Å². The summed E-state index contributed by atoms with van der Waals surface area (Å²) in [5, 5.41) is 6.16. The minimum absolute atomic E-state index is 0.0195. The van der Waals surface area contributed by atoms with E-state index < -0.39 is 11.2 Å². The van der Waals surface area contributed by atoms with Crippen LogP contribution in [0, 0.1) is 0 Å². The Kier molecular flexibility index (Phi) is 4.72. The van der Waals surface area contributed by atoms with Crippen LogP contribution in [0.3, 0.4) is 0 Å². The molecule has 2 heterocycles. The van der Waals surface area contributed by atoms with Crippen molar-refractivity contribution in [2.75, 3.05) is 26.3 Å². The highest BCUT2D eigenvalue weighted by Crippen LogP contribution is 2.24. The quantitative estimate of drug-likeness (QED) is 0.575. The van der Waals surface area contributed by atoms with Gasteiger partial charge < -0.3 is 20.1 Å². The van der Waals surface area contributed by atoms with Gasteiger partial charge >= 0.3 is 0 Å². The molecule has 0 spiro atoms. The van der Waals surface area contributed by atoms with E-state index >= 15 is 0 Å². The van der Waals surface area contributed by atoms with Crippen molar-refractivity contribution in [3.05, 3.63) is 23.5 Å². The zero-order valence-corrected chi connectivity index (χ0v) is 13.6. The fraction of sp³-hybridized carbons (Fsp3) is 0.625. The molecule has 122 valence electrons. The van der Waals surface area contributed by atoms with Crippen LogP contribution in [0.5, 0.6) is 0 Å². The van der Waals surface area contributed by atoms with Crippen molar-refractivity contribution in [1.82, 2.24) is 10.6 Å². The Morgan fingerprint density at radius 2 is 1.23 bits per heavy atom. The standard InChI is InChI=1S/C16H24N2O4/c1-15(2)13(19)11(9-21-15)7-17-5-6-18-8-12-10-22-16(3,4)14(12)20/h7-8,17-18H,5-6,9-10H2,1-4H3. The van der Waals surface area contributed by atoms with Gasteiger partial charge in [-0.15, -0.1) is 0 Å². The number of rotatable bonds is 5. The van der Waals surface area contributed by atoms with E-state index in [1.54, 1.807) is 40.1 Å². The maximum absolute atomic E-state index is 11.9. The summed E-state index contributed by atoms with van der Waals surface area (Å²) in [5.74, 6) is 0.0389. The Bertz CT molecular complexity index is 484. The Morgan fingerprint density at radius 1 is 0.864 bits per heavy atom. The predicted molar refractivity (Wildman–Crippen MR) is 82.2 cm³/mol. The van der Waals surface area contributed by atoms with E-state index in [4.69, 9.17) is 9.47 Å². The summed E-state index contributed by atoms with van der Waals surface area (Å²) in [6, 6.07) is 0. The molecule has 0 atom stereocenters. The minimum Gasteiger partial charge on any atom is -0.389 e. The molecular weight excluding hydrogens is 284 g/mol. The van der Waals surface area contributed by atoms with Gasteiger partial charge in [0.25, 0.3) is 0 Å². The highest BCUT2D eigenvalue weighted by atomic mass is 16.5. The van der Waals surface area contributed by atoms with Crippen LogP contribution in [-0.4, -0.2) is 49.1 Å². The largest absolute Gasteiger partial charge is 0.389 e. The molecule has 0 aromatic rings. The molecule has 0 bridgehead atoms. The highest BCUT2D eigenvalue weighted by molar-refractivity contribution is 6.03. The van der Waals surface area contributed by atoms with Crippen LogP contribution >= 0.6 is 0 Å². The van der Waals surface area contributed by atoms with Gasteiger partial charge in [-0.05, 0) is 27.7 Å². The maximum Gasteiger partial charge on any atom is 0.193 e.